The Morgan fingerprint density at radius 3 is 2.69 bits per heavy atom. The van der Waals surface area contributed by atoms with Crippen molar-refractivity contribution in [3.05, 3.63) is 41.7 Å². The Hall–Kier alpha value is -3.35. The molecule has 9 nitrogen and oxygen atoms in total. The first-order valence-corrected chi connectivity index (χ1v) is 9.05. The number of aromatic nitrogens is 7. The maximum Gasteiger partial charge on any atom is 0.416 e. The highest BCUT2D eigenvalue weighted by Gasteiger charge is 2.31. The molecule has 0 spiro atoms. The van der Waals surface area contributed by atoms with Crippen LogP contribution < -0.4 is 4.74 Å². The standard InChI is InChI=1S/C16H12F3N7O2S/c1-27-10-5-8(4-9(6-10)16(17,18)19)11-2-3-12(28-11)14-20-15(24-23-14)29-7-13-21-25-26-22-13/h2-6H,7H2,1H3,(H,20,23,24)(H,21,22,25,26). The number of nitrogens with zero attached hydrogens (tertiary/aromatic N) is 5. The Bertz CT molecular complexity index is 1110. The number of tetrazole rings is 1. The fourth-order valence-electron chi connectivity index (χ4n) is 2.44. The smallest absolute Gasteiger partial charge is 0.416 e. The van der Waals surface area contributed by atoms with Crippen LogP contribution in [0.25, 0.3) is 22.9 Å². The van der Waals surface area contributed by atoms with E-state index >= 15 is 0 Å². The van der Waals surface area contributed by atoms with E-state index in [1.807, 2.05) is 0 Å². The van der Waals surface area contributed by atoms with Crippen LogP contribution >= 0.6 is 11.8 Å². The van der Waals surface area contributed by atoms with Gasteiger partial charge in [0.25, 0.3) is 0 Å². The number of thioether (sulfide) groups is 1. The van der Waals surface area contributed by atoms with E-state index in [2.05, 4.69) is 35.8 Å². The molecule has 3 heterocycles. The maximum absolute atomic E-state index is 13.1. The molecule has 4 aromatic rings. The predicted molar refractivity (Wildman–Crippen MR) is 94.8 cm³/mol. The molecule has 2 N–H and O–H groups in total. The molecular weight excluding hydrogens is 411 g/mol. The zero-order valence-electron chi connectivity index (χ0n) is 14.7. The number of methoxy groups -OCH3 is 1. The Kier molecular flexibility index (Phi) is 4.96. The summed E-state index contributed by atoms with van der Waals surface area (Å²) in [5.41, 5.74) is -0.598. The van der Waals surface area contributed by atoms with Gasteiger partial charge < -0.3 is 9.15 Å². The molecule has 4 rings (SSSR count). The summed E-state index contributed by atoms with van der Waals surface area (Å²) >= 11 is 1.28. The molecule has 0 amide bonds. The molecule has 13 heteroatoms. The highest BCUT2D eigenvalue weighted by molar-refractivity contribution is 7.98. The van der Waals surface area contributed by atoms with Crippen LogP contribution in [0.1, 0.15) is 11.4 Å². The summed E-state index contributed by atoms with van der Waals surface area (Å²) in [6, 6.07) is 6.54. The molecule has 0 saturated heterocycles. The maximum atomic E-state index is 13.1. The third-order valence-electron chi connectivity index (χ3n) is 3.78. The lowest BCUT2D eigenvalue weighted by Gasteiger charge is -2.10. The zero-order valence-corrected chi connectivity index (χ0v) is 15.5. The van der Waals surface area contributed by atoms with Gasteiger partial charge in [-0.3, -0.25) is 5.10 Å². The van der Waals surface area contributed by atoms with Crippen molar-refractivity contribution in [1.82, 2.24) is 35.8 Å². The quantitative estimate of drug-likeness (QED) is 0.452. The van der Waals surface area contributed by atoms with E-state index in [0.717, 1.165) is 12.1 Å². The van der Waals surface area contributed by atoms with Crippen LogP contribution in [-0.2, 0) is 11.9 Å². The number of rotatable bonds is 6. The van der Waals surface area contributed by atoms with Gasteiger partial charge in [-0.15, -0.1) is 15.3 Å². The first-order chi connectivity index (χ1) is 13.9. The summed E-state index contributed by atoms with van der Waals surface area (Å²) in [4.78, 5) is 4.29. The van der Waals surface area contributed by atoms with Gasteiger partial charge >= 0.3 is 6.18 Å². The fraction of sp³-hybridized carbons (Fsp3) is 0.188. The first kappa shape index (κ1) is 19.0. The first-order valence-electron chi connectivity index (χ1n) is 8.07. The van der Waals surface area contributed by atoms with Gasteiger partial charge in [0.05, 0.1) is 18.4 Å². The number of alkyl halides is 3. The van der Waals surface area contributed by atoms with Crippen molar-refractivity contribution in [1.29, 1.82) is 0 Å². The van der Waals surface area contributed by atoms with Gasteiger partial charge in [-0.1, -0.05) is 17.0 Å². The van der Waals surface area contributed by atoms with Crippen LogP contribution in [0.15, 0.2) is 39.9 Å². The van der Waals surface area contributed by atoms with Gasteiger partial charge in [-0.05, 0) is 30.3 Å². The van der Waals surface area contributed by atoms with Crippen molar-refractivity contribution in [2.75, 3.05) is 7.11 Å². The van der Waals surface area contributed by atoms with E-state index in [4.69, 9.17) is 9.15 Å². The summed E-state index contributed by atoms with van der Waals surface area (Å²) in [5.74, 6) is 1.90. The minimum absolute atomic E-state index is 0.0765. The molecule has 29 heavy (non-hydrogen) atoms. The summed E-state index contributed by atoms with van der Waals surface area (Å²) in [7, 11) is 1.30. The van der Waals surface area contributed by atoms with Gasteiger partial charge in [-0.25, -0.2) is 0 Å². The zero-order chi connectivity index (χ0) is 20.4. The summed E-state index contributed by atoms with van der Waals surface area (Å²) in [6.45, 7) is 0. The van der Waals surface area contributed by atoms with Gasteiger partial charge in [-0.2, -0.15) is 23.4 Å². The van der Waals surface area contributed by atoms with Crippen molar-refractivity contribution in [3.8, 4) is 28.7 Å². The molecule has 0 aliphatic heterocycles. The molecule has 0 unspecified atom stereocenters. The van der Waals surface area contributed by atoms with E-state index in [-0.39, 0.29) is 17.1 Å². The average molecular weight is 423 g/mol. The van der Waals surface area contributed by atoms with Crippen molar-refractivity contribution in [2.45, 2.75) is 17.1 Å². The third kappa shape index (κ3) is 4.23. The number of nitrogens with one attached hydrogen (secondary N) is 2. The van der Waals surface area contributed by atoms with Crippen LogP contribution in [0.5, 0.6) is 5.75 Å². The summed E-state index contributed by atoms with van der Waals surface area (Å²) in [6.07, 6.45) is -4.51. The molecule has 0 atom stereocenters. The molecule has 1 aromatic carbocycles. The Morgan fingerprint density at radius 1 is 1.14 bits per heavy atom. The number of halogens is 3. The minimum atomic E-state index is -4.51. The molecular formula is C16H12F3N7O2S. The third-order valence-corrected chi connectivity index (χ3v) is 4.62. The second kappa shape index (κ2) is 7.58. The Balaban J connectivity index is 1.56. The molecule has 0 saturated carbocycles. The molecule has 0 aliphatic carbocycles. The van der Waals surface area contributed by atoms with Gasteiger partial charge in [0.15, 0.2) is 17.4 Å². The van der Waals surface area contributed by atoms with Crippen LogP contribution in [0.2, 0.25) is 0 Å². The van der Waals surface area contributed by atoms with E-state index in [9.17, 15) is 13.2 Å². The monoisotopic (exact) mass is 423 g/mol. The Morgan fingerprint density at radius 2 is 1.97 bits per heavy atom. The van der Waals surface area contributed by atoms with Crippen molar-refractivity contribution < 1.29 is 22.3 Å². The fourth-order valence-corrected chi connectivity index (χ4v) is 3.08. The second-order valence-electron chi connectivity index (χ2n) is 5.70. The number of hydrogen-bond donors (Lipinski definition) is 2. The lowest BCUT2D eigenvalue weighted by molar-refractivity contribution is -0.137. The lowest BCUT2D eigenvalue weighted by Crippen LogP contribution is -2.05. The van der Waals surface area contributed by atoms with Crippen LogP contribution in [0.3, 0.4) is 0 Å². The van der Waals surface area contributed by atoms with Gasteiger partial charge in [0.2, 0.25) is 5.16 Å². The number of hydrogen-bond acceptors (Lipinski definition) is 8. The van der Waals surface area contributed by atoms with Gasteiger partial charge in [0.1, 0.15) is 11.5 Å². The van der Waals surface area contributed by atoms with Gasteiger partial charge in [0, 0.05) is 5.56 Å². The topological polar surface area (TPSA) is 118 Å². The average Bonchev–Trinajstić information content (AvgIpc) is 3.46. The minimum Gasteiger partial charge on any atom is -0.497 e. The SMILES string of the molecule is COc1cc(-c2ccc(-c3nc(SCc4nn[nH]n4)n[nH]3)o2)cc(C(F)(F)F)c1. The van der Waals surface area contributed by atoms with Crippen molar-refractivity contribution in [2.24, 2.45) is 0 Å². The number of aromatic amines is 2. The van der Waals surface area contributed by atoms with Crippen molar-refractivity contribution >= 4 is 11.8 Å². The molecule has 0 fully saturated rings. The van der Waals surface area contributed by atoms with Crippen LogP contribution in [0.4, 0.5) is 13.2 Å². The molecule has 0 aliphatic rings. The summed E-state index contributed by atoms with van der Waals surface area (Å²) in [5, 5.41) is 20.7. The summed E-state index contributed by atoms with van der Waals surface area (Å²) < 4.78 is 50.0. The van der Waals surface area contributed by atoms with Crippen LogP contribution in [-0.4, -0.2) is 42.9 Å². The van der Waals surface area contributed by atoms with Crippen molar-refractivity contribution in [3.63, 3.8) is 0 Å². The predicted octanol–water partition coefficient (Wildman–Crippen LogP) is 3.56. The number of benzene rings is 1. The van der Waals surface area contributed by atoms with Crippen LogP contribution in [0, 0.1) is 0 Å². The number of ether oxygens (including phenoxy) is 1. The second-order valence-corrected chi connectivity index (χ2v) is 6.64. The number of H-pyrrole nitrogens is 2. The molecule has 0 bridgehead atoms. The lowest BCUT2D eigenvalue weighted by atomic mass is 10.1. The highest BCUT2D eigenvalue weighted by atomic mass is 32.2. The number of furan rings is 1. The van der Waals surface area contributed by atoms with E-state index in [0.29, 0.717) is 28.3 Å². The van der Waals surface area contributed by atoms with E-state index < -0.39 is 11.7 Å². The largest absolute Gasteiger partial charge is 0.497 e. The van der Waals surface area contributed by atoms with E-state index in [1.54, 1.807) is 12.1 Å². The molecule has 150 valence electrons. The highest BCUT2D eigenvalue weighted by Crippen LogP contribution is 2.37. The van der Waals surface area contributed by atoms with E-state index in [1.165, 1.54) is 24.9 Å². The Labute approximate surface area is 165 Å². The molecule has 0 radical (unpaired) electrons. The normalized spacial score (nSPS) is 11.7. The molecule has 3 aromatic heterocycles.